The maximum Gasteiger partial charge on any atom is 0.227 e. The van der Waals surface area contributed by atoms with Crippen molar-refractivity contribution in [3.8, 4) is 0 Å². The smallest absolute Gasteiger partial charge is 0.227 e. The summed E-state index contributed by atoms with van der Waals surface area (Å²) in [6, 6.07) is 0. The van der Waals surface area contributed by atoms with E-state index in [2.05, 4.69) is 20.2 Å². The first kappa shape index (κ1) is 15.1. The number of nitrogens with one attached hydrogen (secondary N) is 1. The topological polar surface area (TPSA) is 61.4 Å². The highest BCUT2D eigenvalue weighted by Gasteiger charge is 2.25. The van der Waals surface area contributed by atoms with Crippen molar-refractivity contribution in [2.75, 3.05) is 42.3 Å². The first-order chi connectivity index (χ1) is 10.6. The number of aromatic nitrogens is 2. The standard InChI is InChI=1S/C16H25N5O/c1-20(2)15-13(18-14(22)10-12-6-7-12)11-17-16(19-15)21-8-4-3-5-9-21/h11-12H,3-10H2,1-2H3,(H,18,22). The van der Waals surface area contributed by atoms with Gasteiger partial charge >= 0.3 is 0 Å². The Morgan fingerprint density at radius 1 is 1.32 bits per heavy atom. The SMILES string of the molecule is CN(C)c1nc(N2CCCCC2)ncc1NC(=O)CC1CC1. The van der Waals surface area contributed by atoms with E-state index in [1.54, 1.807) is 6.20 Å². The number of hydrogen-bond donors (Lipinski definition) is 1. The number of piperidine rings is 1. The van der Waals surface area contributed by atoms with Gasteiger partial charge in [-0.05, 0) is 38.0 Å². The molecule has 6 nitrogen and oxygen atoms in total. The van der Waals surface area contributed by atoms with Crippen LogP contribution in [0.1, 0.15) is 38.5 Å². The number of anilines is 3. The van der Waals surface area contributed by atoms with Crippen molar-refractivity contribution < 1.29 is 4.79 Å². The first-order valence-electron chi connectivity index (χ1n) is 8.22. The third-order valence-electron chi connectivity index (χ3n) is 4.26. The molecule has 2 aliphatic rings. The lowest BCUT2D eigenvalue weighted by atomic mass is 10.1. The summed E-state index contributed by atoms with van der Waals surface area (Å²) in [6.07, 6.45) is 8.39. The fourth-order valence-corrected chi connectivity index (χ4v) is 2.82. The van der Waals surface area contributed by atoms with Crippen LogP contribution in [0.25, 0.3) is 0 Å². The minimum atomic E-state index is 0.0694. The minimum Gasteiger partial charge on any atom is -0.361 e. The van der Waals surface area contributed by atoms with E-state index in [9.17, 15) is 4.79 Å². The summed E-state index contributed by atoms with van der Waals surface area (Å²) >= 11 is 0. The molecule has 1 aliphatic carbocycles. The molecule has 1 saturated heterocycles. The van der Waals surface area contributed by atoms with E-state index in [0.29, 0.717) is 18.0 Å². The molecule has 1 aliphatic heterocycles. The summed E-state index contributed by atoms with van der Waals surface area (Å²) in [7, 11) is 3.89. The zero-order valence-corrected chi connectivity index (χ0v) is 13.5. The lowest BCUT2D eigenvalue weighted by Crippen LogP contribution is -2.31. The monoisotopic (exact) mass is 303 g/mol. The van der Waals surface area contributed by atoms with Crippen LogP contribution in [0.5, 0.6) is 0 Å². The third kappa shape index (κ3) is 3.67. The summed E-state index contributed by atoms with van der Waals surface area (Å²) in [6.45, 7) is 2.03. The van der Waals surface area contributed by atoms with Crippen molar-refractivity contribution in [2.24, 2.45) is 5.92 Å². The zero-order chi connectivity index (χ0) is 15.5. The van der Waals surface area contributed by atoms with E-state index in [4.69, 9.17) is 0 Å². The molecule has 6 heteroatoms. The van der Waals surface area contributed by atoms with Crippen LogP contribution in [-0.4, -0.2) is 43.1 Å². The van der Waals surface area contributed by atoms with Gasteiger partial charge in [-0.1, -0.05) is 0 Å². The van der Waals surface area contributed by atoms with Crippen LogP contribution in [-0.2, 0) is 4.79 Å². The minimum absolute atomic E-state index is 0.0694. The average Bonchev–Trinajstić information content (AvgIpc) is 3.32. The number of hydrogen-bond acceptors (Lipinski definition) is 5. The molecule has 0 aromatic carbocycles. The highest BCUT2D eigenvalue weighted by atomic mass is 16.1. The van der Waals surface area contributed by atoms with Crippen molar-refractivity contribution >= 4 is 23.4 Å². The highest BCUT2D eigenvalue weighted by molar-refractivity contribution is 5.93. The highest BCUT2D eigenvalue weighted by Crippen LogP contribution is 2.33. The summed E-state index contributed by atoms with van der Waals surface area (Å²) < 4.78 is 0. The molecular formula is C16H25N5O. The van der Waals surface area contributed by atoms with Gasteiger partial charge in [-0.2, -0.15) is 4.98 Å². The average molecular weight is 303 g/mol. The number of carbonyl (C=O) groups excluding carboxylic acids is 1. The van der Waals surface area contributed by atoms with E-state index < -0.39 is 0 Å². The number of carbonyl (C=O) groups is 1. The molecule has 1 aromatic heterocycles. The largest absolute Gasteiger partial charge is 0.361 e. The molecule has 1 aromatic rings. The predicted octanol–water partition coefficient (Wildman–Crippen LogP) is 2.27. The van der Waals surface area contributed by atoms with Crippen molar-refractivity contribution in [3.05, 3.63) is 6.20 Å². The van der Waals surface area contributed by atoms with E-state index in [0.717, 1.165) is 24.9 Å². The van der Waals surface area contributed by atoms with Crippen LogP contribution < -0.4 is 15.1 Å². The van der Waals surface area contributed by atoms with E-state index >= 15 is 0 Å². The Hall–Kier alpha value is -1.85. The van der Waals surface area contributed by atoms with Crippen LogP contribution in [0.15, 0.2) is 6.20 Å². The Balaban J connectivity index is 1.75. The second-order valence-corrected chi connectivity index (χ2v) is 6.55. The van der Waals surface area contributed by atoms with Gasteiger partial charge in [0.2, 0.25) is 11.9 Å². The molecule has 1 saturated carbocycles. The van der Waals surface area contributed by atoms with Gasteiger partial charge in [-0.3, -0.25) is 4.79 Å². The van der Waals surface area contributed by atoms with Gasteiger partial charge < -0.3 is 15.1 Å². The quantitative estimate of drug-likeness (QED) is 0.904. The Bertz CT molecular complexity index is 535. The Kier molecular flexibility index (Phi) is 4.45. The predicted molar refractivity (Wildman–Crippen MR) is 88.4 cm³/mol. The maximum atomic E-state index is 12.0. The molecule has 1 amide bonds. The van der Waals surface area contributed by atoms with Crippen LogP contribution in [0, 0.1) is 5.92 Å². The molecule has 2 fully saturated rings. The van der Waals surface area contributed by atoms with Gasteiger partial charge in [0.1, 0.15) is 5.69 Å². The molecule has 0 spiro atoms. The van der Waals surface area contributed by atoms with Gasteiger partial charge in [-0.25, -0.2) is 4.98 Å². The molecule has 0 unspecified atom stereocenters. The molecule has 120 valence electrons. The zero-order valence-electron chi connectivity index (χ0n) is 13.5. The second kappa shape index (κ2) is 6.50. The summed E-state index contributed by atoms with van der Waals surface area (Å²) in [5, 5.41) is 2.97. The lowest BCUT2D eigenvalue weighted by molar-refractivity contribution is -0.116. The number of rotatable bonds is 5. The first-order valence-corrected chi connectivity index (χ1v) is 8.22. The molecule has 0 atom stereocenters. The molecule has 22 heavy (non-hydrogen) atoms. The summed E-state index contributed by atoms with van der Waals surface area (Å²) in [5.74, 6) is 2.19. The molecule has 2 heterocycles. The Labute approximate surface area is 131 Å². The number of nitrogens with zero attached hydrogens (tertiary/aromatic N) is 4. The van der Waals surface area contributed by atoms with Gasteiger partial charge in [0.05, 0.1) is 6.20 Å². The third-order valence-corrected chi connectivity index (χ3v) is 4.26. The van der Waals surface area contributed by atoms with Crippen molar-refractivity contribution in [1.29, 1.82) is 0 Å². The molecule has 3 rings (SSSR count). The van der Waals surface area contributed by atoms with E-state index in [1.807, 2.05) is 19.0 Å². The van der Waals surface area contributed by atoms with E-state index in [-0.39, 0.29) is 5.91 Å². The van der Waals surface area contributed by atoms with Gasteiger partial charge in [0.25, 0.3) is 0 Å². The molecule has 0 radical (unpaired) electrons. The second-order valence-electron chi connectivity index (χ2n) is 6.55. The van der Waals surface area contributed by atoms with Crippen molar-refractivity contribution in [1.82, 2.24) is 9.97 Å². The lowest BCUT2D eigenvalue weighted by Gasteiger charge is -2.28. The fourth-order valence-electron chi connectivity index (χ4n) is 2.82. The number of amides is 1. The van der Waals surface area contributed by atoms with Crippen LogP contribution in [0.4, 0.5) is 17.5 Å². The molecular weight excluding hydrogens is 278 g/mol. The van der Waals surface area contributed by atoms with Crippen molar-refractivity contribution in [3.63, 3.8) is 0 Å². The molecule has 1 N–H and O–H groups in total. The van der Waals surface area contributed by atoms with Gasteiger partial charge in [0.15, 0.2) is 5.82 Å². The Morgan fingerprint density at radius 2 is 2.05 bits per heavy atom. The molecule has 0 bridgehead atoms. The van der Waals surface area contributed by atoms with E-state index in [1.165, 1.54) is 32.1 Å². The summed E-state index contributed by atoms with van der Waals surface area (Å²) in [5.41, 5.74) is 0.705. The fraction of sp³-hybridized carbons (Fsp3) is 0.688. The van der Waals surface area contributed by atoms with Crippen molar-refractivity contribution in [2.45, 2.75) is 38.5 Å². The van der Waals surface area contributed by atoms with Gasteiger partial charge in [0, 0.05) is 33.6 Å². The van der Waals surface area contributed by atoms with Crippen LogP contribution in [0.2, 0.25) is 0 Å². The van der Waals surface area contributed by atoms with Crippen LogP contribution >= 0.6 is 0 Å². The van der Waals surface area contributed by atoms with Crippen LogP contribution in [0.3, 0.4) is 0 Å². The summed E-state index contributed by atoms with van der Waals surface area (Å²) in [4.78, 5) is 25.3. The Morgan fingerprint density at radius 3 is 2.68 bits per heavy atom. The maximum absolute atomic E-state index is 12.0. The van der Waals surface area contributed by atoms with Gasteiger partial charge in [-0.15, -0.1) is 0 Å². The normalized spacial score (nSPS) is 18.2.